The van der Waals surface area contributed by atoms with E-state index in [0.29, 0.717) is 19.0 Å². The van der Waals surface area contributed by atoms with E-state index < -0.39 is 0 Å². The van der Waals surface area contributed by atoms with Gasteiger partial charge in [-0.2, -0.15) is 0 Å². The predicted molar refractivity (Wildman–Crippen MR) is 120 cm³/mol. The highest BCUT2D eigenvalue weighted by Gasteiger charge is 2.20. The van der Waals surface area contributed by atoms with Gasteiger partial charge in [-0.05, 0) is 43.3 Å². The Bertz CT molecular complexity index is 960. The molecule has 7 nitrogen and oxygen atoms in total. The summed E-state index contributed by atoms with van der Waals surface area (Å²) in [7, 11) is 0. The number of rotatable bonds is 7. The standard InChI is InChI=1S/C21H22N4O3S2/c1-15(29-21-24-23-20(30-21)25-11-13-27-14-12-25)19(26)22-16-7-9-18(10-8-16)28-17-5-3-2-4-6-17/h2-10,15H,11-14H2,1H3,(H,22,26). The van der Waals surface area contributed by atoms with Crippen molar-refractivity contribution in [2.24, 2.45) is 0 Å². The molecule has 9 heteroatoms. The van der Waals surface area contributed by atoms with Gasteiger partial charge in [0.05, 0.1) is 18.5 Å². The molecule has 4 rings (SSSR count). The summed E-state index contributed by atoms with van der Waals surface area (Å²) in [6.45, 7) is 4.91. The number of hydrogen-bond donors (Lipinski definition) is 1. The lowest BCUT2D eigenvalue weighted by atomic mass is 10.3. The van der Waals surface area contributed by atoms with Crippen molar-refractivity contribution in [1.82, 2.24) is 10.2 Å². The maximum Gasteiger partial charge on any atom is 0.237 e. The van der Waals surface area contributed by atoms with Crippen molar-refractivity contribution in [1.29, 1.82) is 0 Å². The third-order valence-corrected chi connectivity index (χ3v) is 6.59. The number of benzene rings is 2. The summed E-state index contributed by atoms with van der Waals surface area (Å²) in [5, 5.41) is 12.0. The number of carbonyl (C=O) groups excluding carboxylic acids is 1. The van der Waals surface area contributed by atoms with Crippen LogP contribution in [0.25, 0.3) is 0 Å². The van der Waals surface area contributed by atoms with Crippen molar-refractivity contribution in [3.8, 4) is 11.5 Å². The monoisotopic (exact) mass is 442 g/mol. The molecule has 0 bridgehead atoms. The number of ether oxygens (including phenoxy) is 2. The molecule has 2 heterocycles. The number of hydrogen-bond acceptors (Lipinski definition) is 8. The van der Waals surface area contributed by atoms with Gasteiger partial charge in [-0.3, -0.25) is 4.79 Å². The summed E-state index contributed by atoms with van der Waals surface area (Å²) >= 11 is 2.92. The minimum atomic E-state index is -0.296. The van der Waals surface area contributed by atoms with E-state index >= 15 is 0 Å². The zero-order valence-electron chi connectivity index (χ0n) is 16.5. The van der Waals surface area contributed by atoms with Crippen molar-refractivity contribution in [3.63, 3.8) is 0 Å². The Kier molecular flexibility index (Phi) is 6.83. The maximum atomic E-state index is 12.6. The molecule has 1 atom stereocenters. The number of amides is 1. The van der Waals surface area contributed by atoms with E-state index in [1.54, 1.807) is 0 Å². The quantitative estimate of drug-likeness (QED) is 0.547. The highest BCUT2D eigenvalue weighted by atomic mass is 32.2. The molecule has 1 fully saturated rings. The van der Waals surface area contributed by atoms with Crippen LogP contribution in [0.2, 0.25) is 0 Å². The number of nitrogens with zero attached hydrogens (tertiary/aromatic N) is 3. The Morgan fingerprint density at radius 3 is 2.53 bits per heavy atom. The molecule has 1 saturated heterocycles. The molecular formula is C21H22N4O3S2. The Morgan fingerprint density at radius 1 is 1.10 bits per heavy atom. The smallest absolute Gasteiger partial charge is 0.237 e. The van der Waals surface area contributed by atoms with Crippen LogP contribution in [0.5, 0.6) is 11.5 Å². The van der Waals surface area contributed by atoms with E-state index in [1.165, 1.54) is 23.1 Å². The van der Waals surface area contributed by atoms with Crippen LogP contribution < -0.4 is 15.0 Å². The number of anilines is 2. The molecule has 1 amide bonds. The van der Waals surface area contributed by atoms with Crippen LogP contribution in [0.1, 0.15) is 6.92 Å². The predicted octanol–water partition coefficient (Wildman–Crippen LogP) is 4.29. The van der Waals surface area contributed by atoms with Gasteiger partial charge < -0.3 is 19.7 Å². The topological polar surface area (TPSA) is 76.6 Å². The second-order valence-corrected chi connectivity index (χ2v) is 9.18. The highest BCUT2D eigenvalue weighted by molar-refractivity contribution is 8.02. The van der Waals surface area contributed by atoms with Crippen molar-refractivity contribution in [3.05, 3.63) is 54.6 Å². The largest absolute Gasteiger partial charge is 0.457 e. The summed E-state index contributed by atoms with van der Waals surface area (Å²) in [6, 6.07) is 16.9. The molecule has 1 aliphatic rings. The third-order valence-electron chi connectivity index (χ3n) is 4.42. The summed E-state index contributed by atoms with van der Waals surface area (Å²) in [5.74, 6) is 1.40. The molecule has 1 aliphatic heterocycles. The number of para-hydroxylation sites is 1. The molecule has 1 unspecified atom stereocenters. The molecule has 30 heavy (non-hydrogen) atoms. The van der Waals surface area contributed by atoms with Crippen molar-refractivity contribution in [2.75, 3.05) is 36.5 Å². The van der Waals surface area contributed by atoms with Gasteiger partial charge in [0.1, 0.15) is 11.5 Å². The van der Waals surface area contributed by atoms with Gasteiger partial charge in [0, 0.05) is 18.8 Å². The van der Waals surface area contributed by atoms with Gasteiger partial charge in [-0.15, -0.1) is 10.2 Å². The van der Waals surface area contributed by atoms with Gasteiger partial charge in [0.2, 0.25) is 11.0 Å². The number of aromatic nitrogens is 2. The van der Waals surface area contributed by atoms with E-state index in [9.17, 15) is 4.79 Å². The number of thioether (sulfide) groups is 1. The summed E-state index contributed by atoms with van der Waals surface area (Å²) < 4.78 is 11.9. The van der Waals surface area contributed by atoms with E-state index in [1.807, 2.05) is 61.5 Å². The summed E-state index contributed by atoms with van der Waals surface area (Å²) in [4.78, 5) is 14.7. The molecular weight excluding hydrogens is 420 g/mol. The van der Waals surface area contributed by atoms with Gasteiger partial charge in [-0.25, -0.2) is 0 Å². The van der Waals surface area contributed by atoms with Gasteiger partial charge in [0.25, 0.3) is 0 Å². The van der Waals surface area contributed by atoms with Crippen LogP contribution >= 0.6 is 23.1 Å². The first-order valence-electron chi connectivity index (χ1n) is 9.64. The maximum absolute atomic E-state index is 12.6. The lowest BCUT2D eigenvalue weighted by molar-refractivity contribution is -0.115. The Hall–Kier alpha value is -2.62. The van der Waals surface area contributed by atoms with E-state index in [4.69, 9.17) is 9.47 Å². The van der Waals surface area contributed by atoms with Gasteiger partial charge >= 0.3 is 0 Å². The molecule has 1 N–H and O–H groups in total. The van der Waals surface area contributed by atoms with Crippen LogP contribution in [0, 0.1) is 0 Å². The first kappa shape index (κ1) is 20.6. The van der Waals surface area contributed by atoms with E-state index in [0.717, 1.165) is 34.0 Å². The van der Waals surface area contributed by atoms with E-state index in [2.05, 4.69) is 20.4 Å². The summed E-state index contributed by atoms with van der Waals surface area (Å²) in [6.07, 6.45) is 0. The Morgan fingerprint density at radius 2 is 1.80 bits per heavy atom. The normalized spacial score (nSPS) is 14.9. The van der Waals surface area contributed by atoms with Crippen molar-refractivity contribution >= 4 is 39.8 Å². The summed E-state index contributed by atoms with van der Waals surface area (Å²) in [5.41, 5.74) is 0.721. The van der Waals surface area contributed by atoms with Crippen LogP contribution in [0.15, 0.2) is 58.9 Å². The molecule has 2 aromatic carbocycles. The minimum absolute atomic E-state index is 0.0835. The molecule has 1 aromatic heterocycles. The number of carbonyl (C=O) groups is 1. The average Bonchev–Trinajstić information content (AvgIpc) is 3.25. The lowest BCUT2D eigenvalue weighted by Crippen LogP contribution is -2.36. The molecule has 0 spiro atoms. The lowest BCUT2D eigenvalue weighted by Gasteiger charge is -2.25. The van der Waals surface area contributed by atoms with Crippen LogP contribution in [-0.2, 0) is 9.53 Å². The third kappa shape index (κ3) is 5.50. The Balaban J connectivity index is 1.29. The fourth-order valence-corrected chi connectivity index (χ4v) is 4.85. The SMILES string of the molecule is CC(Sc1nnc(N2CCOCC2)s1)C(=O)Nc1ccc(Oc2ccccc2)cc1. The number of nitrogens with one attached hydrogen (secondary N) is 1. The van der Waals surface area contributed by atoms with Crippen LogP contribution in [0.3, 0.4) is 0 Å². The molecule has 3 aromatic rings. The molecule has 156 valence electrons. The highest BCUT2D eigenvalue weighted by Crippen LogP contribution is 2.31. The molecule has 0 aliphatic carbocycles. The molecule has 0 radical (unpaired) electrons. The zero-order valence-corrected chi connectivity index (χ0v) is 18.1. The van der Waals surface area contributed by atoms with Crippen molar-refractivity contribution < 1.29 is 14.3 Å². The average molecular weight is 443 g/mol. The van der Waals surface area contributed by atoms with Crippen LogP contribution in [0.4, 0.5) is 10.8 Å². The van der Waals surface area contributed by atoms with E-state index in [-0.39, 0.29) is 11.2 Å². The molecule has 0 saturated carbocycles. The second kappa shape index (κ2) is 9.92. The van der Waals surface area contributed by atoms with Crippen LogP contribution in [-0.4, -0.2) is 47.7 Å². The minimum Gasteiger partial charge on any atom is -0.457 e. The van der Waals surface area contributed by atoms with Gasteiger partial charge in [0.15, 0.2) is 4.34 Å². The van der Waals surface area contributed by atoms with Gasteiger partial charge in [-0.1, -0.05) is 41.3 Å². The first-order valence-corrected chi connectivity index (χ1v) is 11.3. The second-order valence-electron chi connectivity index (χ2n) is 6.64. The fourth-order valence-electron chi connectivity index (χ4n) is 2.81. The Labute approximate surface area is 183 Å². The fraction of sp³-hybridized carbons (Fsp3) is 0.286. The van der Waals surface area contributed by atoms with Crippen molar-refractivity contribution in [2.45, 2.75) is 16.5 Å². The zero-order chi connectivity index (χ0) is 20.8. The first-order chi connectivity index (χ1) is 14.7. The number of morpholine rings is 1.